The summed E-state index contributed by atoms with van der Waals surface area (Å²) in [5, 5.41) is 4.43. The van der Waals surface area contributed by atoms with Gasteiger partial charge in [-0.25, -0.2) is 9.97 Å². The van der Waals surface area contributed by atoms with Gasteiger partial charge in [-0.15, -0.1) is 0 Å². The zero-order chi connectivity index (χ0) is 33.9. The average Bonchev–Trinajstić information content (AvgIpc) is 3.18. The highest BCUT2D eigenvalue weighted by Crippen LogP contribution is 2.29. The molecule has 0 saturated carbocycles. The van der Waals surface area contributed by atoms with Crippen molar-refractivity contribution in [1.29, 1.82) is 0 Å². The van der Waals surface area contributed by atoms with E-state index in [9.17, 15) is 0 Å². The fourth-order valence-corrected chi connectivity index (χ4v) is 6.71. The van der Waals surface area contributed by atoms with Gasteiger partial charge in [0.2, 0.25) is 0 Å². The van der Waals surface area contributed by atoms with Crippen LogP contribution in [0, 0.1) is 0 Å². The third-order valence-corrected chi connectivity index (χ3v) is 9.54. The van der Waals surface area contributed by atoms with E-state index < -0.39 is 0 Å². The molecule has 0 bridgehead atoms. The molecule has 50 heavy (non-hydrogen) atoms. The summed E-state index contributed by atoms with van der Waals surface area (Å²) in [4.78, 5) is 20.4. The van der Waals surface area contributed by atoms with Crippen molar-refractivity contribution in [2.24, 2.45) is 0 Å². The maximum absolute atomic E-state index is 5.33. The number of aromatic nitrogens is 4. The van der Waals surface area contributed by atoms with E-state index in [-0.39, 0.29) is 0 Å². The van der Waals surface area contributed by atoms with Crippen molar-refractivity contribution in [3.05, 3.63) is 133 Å². The predicted molar refractivity (Wildman–Crippen MR) is 204 cm³/mol. The quantitative estimate of drug-likeness (QED) is 0.102. The summed E-state index contributed by atoms with van der Waals surface area (Å²) in [5.41, 5.74) is 10.0. The van der Waals surface area contributed by atoms with Crippen LogP contribution in [0.3, 0.4) is 0 Å². The van der Waals surface area contributed by atoms with Crippen LogP contribution in [0.2, 0.25) is 0 Å². The molecule has 8 aromatic rings. The maximum atomic E-state index is 5.33. The van der Waals surface area contributed by atoms with E-state index >= 15 is 0 Å². The zero-order valence-electron chi connectivity index (χ0n) is 28.4. The topological polar surface area (TPSA) is 70.0 Å². The lowest BCUT2D eigenvalue weighted by Crippen LogP contribution is -1.95. The molecule has 6 nitrogen and oxygen atoms in total. The molecule has 0 atom stereocenters. The highest BCUT2D eigenvalue weighted by molar-refractivity contribution is 6.04. The van der Waals surface area contributed by atoms with Crippen LogP contribution >= 0.6 is 0 Å². The molecule has 4 aromatic carbocycles. The molecule has 0 aliphatic rings. The van der Waals surface area contributed by atoms with Gasteiger partial charge in [-0.2, -0.15) is 0 Å². The van der Waals surface area contributed by atoms with E-state index in [1.54, 1.807) is 14.2 Å². The Morgan fingerprint density at radius 2 is 0.700 bits per heavy atom. The summed E-state index contributed by atoms with van der Waals surface area (Å²) in [6.07, 6.45) is 6.40. The Kier molecular flexibility index (Phi) is 8.74. The maximum Gasteiger partial charge on any atom is 0.118 e. The van der Waals surface area contributed by atoms with Crippen LogP contribution in [0.15, 0.2) is 121 Å². The second-order valence-electron chi connectivity index (χ2n) is 12.8. The van der Waals surface area contributed by atoms with Crippen LogP contribution in [0.25, 0.3) is 66.1 Å². The normalized spacial score (nSPS) is 11.5. The van der Waals surface area contributed by atoms with E-state index in [1.165, 1.54) is 0 Å². The first-order valence-corrected chi connectivity index (χ1v) is 17.3. The second-order valence-corrected chi connectivity index (χ2v) is 12.8. The van der Waals surface area contributed by atoms with E-state index in [0.717, 1.165) is 128 Å². The number of pyridine rings is 4. The first kappa shape index (κ1) is 31.4. The Labute approximate surface area is 291 Å². The van der Waals surface area contributed by atoms with Gasteiger partial charge in [-0.1, -0.05) is 61.4 Å². The molecule has 4 aromatic heterocycles. The molecular formula is C44H38N4O2. The first-order chi connectivity index (χ1) is 24.6. The van der Waals surface area contributed by atoms with Crippen LogP contribution in [0.1, 0.15) is 37.1 Å². The highest BCUT2D eigenvalue weighted by Gasteiger charge is 2.10. The van der Waals surface area contributed by atoms with Crippen LogP contribution in [-0.4, -0.2) is 34.2 Å². The molecule has 0 spiro atoms. The lowest BCUT2D eigenvalue weighted by atomic mass is 10.0. The van der Waals surface area contributed by atoms with Crippen molar-refractivity contribution in [1.82, 2.24) is 19.9 Å². The molecule has 0 aliphatic heterocycles. The fraction of sp³-hybridized carbons (Fsp3) is 0.182. The molecule has 0 amide bonds. The summed E-state index contributed by atoms with van der Waals surface area (Å²) >= 11 is 0. The highest BCUT2D eigenvalue weighted by atomic mass is 16.5. The van der Waals surface area contributed by atoms with Gasteiger partial charge in [0.1, 0.15) is 11.5 Å². The van der Waals surface area contributed by atoms with Crippen molar-refractivity contribution in [2.45, 2.75) is 38.5 Å². The third kappa shape index (κ3) is 6.45. The number of hydrogen-bond acceptors (Lipinski definition) is 6. The number of aryl methyl sites for hydroxylation is 2. The number of rotatable bonds is 11. The Morgan fingerprint density at radius 1 is 0.360 bits per heavy atom. The number of fused-ring (bicyclic) bond motifs is 6. The van der Waals surface area contributed by atoms with Gasteiger partial charge in [-0.05, 0) is 98.5 Å². The van der Waals surface area contributed by atoms with Crippen LogP contribution < -0.4 is 9.47 Å². The monoisotopic (exact) mass is 654 g/mol. The number of benzene rings is 4. The minimum Gasteiger partial charge on any atom is -0.497 e. The van der Waals surface area contributed by atoms with Gasteiger partial charge in [0.15, 0.2) is 0 Å². The smallest absolute Gasteiger partial charge is 0.118 e. The molecule has 0 N–H and O–H groups in total. The largest absolute Gasteiger partial charge is 0.497 e. The minimum absolute atomic E-state index is 0.836. The first-order valence-electron chi connectivity index (χ1n) is 17.3. The van der Waals surface area contributed by atoms with Crippen molar-refractivity contribution in [3.8, 4) is 34.0 Å². The zero-order valence-corrected chi connectivity index (χ0v) is 28.4. The lowest BCUT2D eigenvalue weighted by molar-refractivity contribution is 0.415. The Bertz CT molecular complexity index is 2280. The van der Waals surface area contributed by atoms with Gasteiger partial charge in [0, 0.05) is 44.1 Å². The summed E-state index contributed by atoms with van der Waals surface area (Å²) in [5.74, 6) is 1.67. The summed E-state index contributed by atoms with van der Waals surface area (Å²) in [6.45, 7) is 0. The van der Waals surface area contributed by atoms with Crippen LogP contribution in [0.4, 0.5) is 0 Å². The number of methoxy groups -OCH3 is 2. The van der Waals surface area contributed by atoms with Crippen molar-refractivity contribution in [2.75, 3.05) is 14.2 Å². The molecular weight excluding hydrogens is 617 g/mol. The van der Waals surface area contributed by atoms with Gasteiger partial charge in [0.25, 0.3) is 0 Å². The van der Waals surface area contributed by atoms with E-state index in [4.69, 9.17) is 29.4 Å². The molecule has 0 radical (unpaired) electrons. The summed E-state index contributed by atoms with van der Waals surface area (Å²) < 4.78 is 10.7. The molecule has 246 valence electrons. The van der Waals surface area contributed by atoms with E-state index in [0.29, 0.717) is 0 Å². The number of ether oxygens (including phenoxy) is 2. The van der Waals surface area contributed by atoms with Crippen molar-refractivity contribution in [3.63, 3.8) is 0 Å². The molecule has 6 heteroatoms. The Balaban J connectivity index is 0.918. The Morgan fingerprint density at radius 3 is 1.08 bits per heavy atom. The van der Waals surface area contributed by atoms with Crippen LogP contribution in [-0.2, 0) is 12.8 Å². The van der Waals surface area contributed by atoms with Crippen molar-refractivity contribution < 1.29 is 9.47 Å². The summed E-state index contributed by atoms with van der Waals surface area (Å²) in [7, 11) is 3.36. The molecule has 4 heterocycles. The Hall–Kier alpha value is -5.88. The van der Waals surface area contributed by atoms with Crippen LogP contribution in [0.5, 0.6) is 11.5 Å². The fourth-order valence-electron chi connectivity index (χ4n) is 6.71. The van der Waals surface area contributed by atoms with E-state index in [2.05, 4.69) is 72.8 Å². The molecule has 0 saturated heterocycles. The number of hydrogen-bond donors (Lipinski definition) is 0. The lowest BCUT2D eigenvalue weighted by Gasteiger charge is -2.09. The molecule has 0 fully saturated rings. The van der Waals surface area contributed by atoms with Gasteiger partial charge in [0.05, 0.1) is 47.7 Å². The SMILES string of the molecule is COc1ccc(-c2ccc3ccc4ccc(CCCCCCc5ccc6ccc7ccc(-c8ccc(OC)cc8)nc7c6n5)nc4c3n2)cc1. The second kappa shape index (κ2) is 13.9. The van der Waals surface area contributed by atoms with Gasteiger partial charge in [-0.3, -0.25) is 9.97 Å². The average molecular weight is 655 g/mol. The third-order valence-electron chi connectivity index (χ3n) is 9.54. The summed E-state index contributed by atoms with van der Waals surface area (Å²) in [6, 6.07) is 41.7. The molecule has 8 rings (SSSR count). The minimum atomic E-state index is 0.836. The number of nitrogens with zero attached hydrogens (tertiary/aromatic N) is 4. The van der Waals surface area contributed by atoms with Gasteiger partial charge < -0.3 is 9.47 Å². The molecule has 0 unspecified atom stereocenters. The predicted octanol–water partition coefficient (Wildman–Crippen LogP) is 10.6. The van der Waals surface area contributed by atoms with E-state index in [1.807, 2.05) is 48.5 Å². The van der Waals surface area contributed by atoms with Crippen molar-refractivity contribution >= 4 is 43.6 Å². The molecule has 0 aliphatic carbocycles. The van der Waals surface area contributed by atoms with Gasteiger partial charge >= 0.3 is 0 Å². The number of unbranched alkanes of at least 4 members (excludes halogenated alkanes) is 3. The standard InChI is InChI=1S/C44H38N4O2/c1-49-37-23-15-29(16-24-37)39-27-19-33-11-9-31-13-21-35(45-41(31)43(33)47-39)7-5-3-4-6-8-36-22-14-32-10-12-34-20-28-40(48-44(34)42(32)46-36)30-17-25-38(50-2)26-18-30/h9-28H,3-8H2,1-2H3.